The highest BCUT2D eigenvalue weighted by molar-refractivity contribution is 5.75. The summed E-state index contributed by atoms with van der Waals surface area (Å²) >= 11 is 0. The summed E-state index contributed by atoms with van der Waals surface area (Å²) in [6, 6.07) is 12.9. The number of halogens is 3. The average molecular weight is 549 g/mol. The second kappa shape index (κ2) is 11.8. The predicted octanol–water partition coefficient (Wildman–Crippen LogP) is 5.62. The number of alkyl halides is 3. The van der Waals surface area contributed by atoms with E-state index >= 15 is 0 Å². The zero-order valence-corrected chi connectivity index (χ0v) is 20.2. The van der Waals surface area contributed by atoms with E-state index in [2.05, 4.69) is 5.32 Å². The van der Waals surface area contributed by atoms with Crippen LogP contribution < -0.4 is 24.3 Å². The molecule has 0 unspecified atom stereocenters. The fourth-order valence-electron chi connectivity index (χ4n) is 3.73. The number of benzene rings is 3. The summed E-state index contributed by atoms with van der Waals surface area (Å²) < 4.78 is 63.3. The van der Waals surface area contributed by atoms with Crippen LogP contribution in [0.5, 0.6) is 23.0 Å². The molecule has 1 aliphatic heterocycles. The Morgan fingerprint density at radius 1 is 0.744 bits per heavy atom. The molecule has 3 aromatic rings. The molecule has 0 bridgehead atoms. The van der Waals surface area contributed by atoms with Gasteiger partial charge in [-0.2, -0.15) is 13.2 Å². The zero-order valence-electron chi connectivity index (χ0n) is 20.2. The normalized spacial score (nSPS) is 14.6. The quantitative estimate of drug-likeness (QED) is 0.325. The van der Waals surface area contributed by atoms with Crippen molar-refractivity contribution in [3.05, 3.63) is 86.5 Å². The monoisotopic (exact) mass is 549 g/mol. The van der Waals surface area contributed by atoms with Crippen LogP contribution in [0.15, 0.2) is 60.7 Å². The van der Waals surface area contributed by atoms with Gasteiger partial charge in [0.15, 0.2) is 28.7 Å². The van der Waals surface area contributed by atoms with Gasteiger partial charge < -0.3 is 24.3 Å². The molecular weight excluding hydrogens is 527 g/mol. The fourth-order valence-corrected chi connectivity index (χ4v) is 3.73. The summed E-state index contributed by atoms with van der Waals surface area (Å²) in [5, 5.41) is 26.0. The van der Waals surface area contributed by atoms with Crippen molar-refractivity contribution < 1.29 is 42.0 Å². The van der Waals surface area contributed by atoms with Crippen molar-refractivity contribution in [1.29, 1.82) is 0 Å². The van der Waals surface area contributed by atoms with Crippen LogP contribution in [0.3, 0.4) is 0 Å². The van der Waals surface area contributed by atoms with Gasteiger partial charge in [0, 0.05) is 18.6 Å². The molecule has 0 amide bonds. The minimum Gasteiger partial charge on any atom is -0.490 e. The fraction of sp³-hybridized carbons (Fsp3) is 0.280. The summed E-state index contributed by atoms with van der Waals surface area (Å²) in [5.74, 6) is 1.44. The molecule has 0 atom stereocenters. The molecule has 0 fully saturated rings. The van der Waals surface area contributed by atoms with E-state index in [1.54, 1.807) is 48.5 Å². The number of anilines is 1. The molecule has 3 aromatic carbocycles. The predicted molar refractivity (Wildman–Crippen MR) is 132 cm³/mol. The smallest absolute Gasteiger partial charge is 0.416 e. The third-order valence-electron chi connectivity index (χ3n) is 5.55. The van der Waals surface area contributed by atoms with Gasteiger partial charge in [-0.05, 0) is 24.3 Å². The summed E-state index contributed by atoms with van der Waals surface area (Å²) in [6.07, 6.45) is -4.49. The maximum atomic E-state index is 13.3. The Balaban J connectivity index is 1.72. The van der Waals surface area contributed by atoms with Crippen molar-refractivity contribution in [2.75, 3.05) is 31.7 Å². The van der Waals surface area contributed by atoms with Gasteiger partial charge in [-0.3, -0.25) is 20.2 Å². The second-order valence-electron chi connectivity index (χ2n) is 8.31. The molecule has 0 aromatic heterocycles. The van der Waals surface area contributed by atoms with Crippen molar-refractivity contribution in [1.82, 2.24) is 0 Å². The maximum Gasteiger partial charge on any atom is 0.416 e. The van der Waals surface area contributed by atoms with Crippen LogP contribution in [0, 0.1) is 20.2 Å². The van der Waals surface area contributed by atoms with Crippen LogP contribution in [0.1, 0.15) is 12.0 Å². The number of hydrogen-bond acceptors (Lipinski definition) is 9. The summed E-state index contributed by atoms with van der Waals surface area (Å²) in [4.78, 5) is 21.2. The molecule has 14 heteroatoms. The van der Waals surface area contributed by atoms with Crippen LogP contribution in [-0.2, 0) is 6.18 Å². The number of hydrogen-bond donors (Lipinski definition) is 1. The van der Waals surface area contributed by atoms with Gasteiger partial charge in [0.1, 0.15) is 13.2 Å². The van der Waals surface area contributed by atoms with Gasteiger partial charge >= 0.3 is 6.18 Å². The molecular formula is C25H22F3N3O8. The van der Waals surface area contributed by atoms with Crippen LogP contribution in [0.2, 0.25) is 0 Å². The van der Waals surface area contributed by atoms with Crippen LogP contribution in [0.25, 0.3) is 0 Å². The first-order valence-corrected chi connectivity index (χ1v) is 11.6. The Morgan fingerprint density at radius 3 is 1.54 bits per heavy atom. The minimum atomic E-state index is -5.04. The van der Waals surface area contributed by atoms with E-state index in [-0.39, 0.29) is 25.3 Å². The lowest BCUT2D eigenvalue weighted by Gasteiger charge is -2.23. The molecule has 0 saturated heterocycles. The second-order valence-corrected chi connectivity index (χ2v) is 8.31. The minimum absolute atomic E-state index is 0.242. The van der Waals surface area contributed by atoms with Gasteiger partial charge in [-0.1, -0.05) is 24.3 Å². The number of nitro groups is 2. The summed E-state index contributed by atoms with van der Waals surface area (Å²) in [6.45, 7) is 0.0987. The Hall–Kier alpha value is -4.75. The lowest BCUT2D eigenvalue weighted by atomic mass is 10.1. The van der Waals surface area contributed by atoms with Crippen molar-refractivity contribution in [2.45, 2.75) is 18.6 Å². The van der Waals surface area contributed by atoms with Crippen molar-refractivity contribution in [3.63, 3.8) is 0 Å². The number of rotatable bonds is 4. The highest BCUT2D eigenvalue weighted by Gasteiger charge is 2.38. The van der Waals surface area contributed by atoms with Crippen molar-refractivity contribution in [3.8, 4) is 23.0 Å². The molecule has 0 aliphatic carbocycles. The van der Waals surface area contributed by atoms with Crippen LogP contribution in [0.4, 0.5) is 30.2 Å². The van der Waals surface area contributed by atoms with Crippen LogP contribution in [-0.4, -0.2) is 42.3 Å². The lowest BCUT2D eigenvalue weighted by Crippen LogP contribution is -2.34. The van der Waals surface area contributed by atoms with Crippen molar-refractivity contribution >= 4 is 17.1 Å². The number of para-hydroxylation sites is 4. The molecule has 0 spiro atoms. The zero-order chi connectivity index (χ0) is 28.0. The number of nitrogens with zero attached hydrogens (tertiary/aromatic N) is 2. The molecule has 1 aliphatic rings. The third-order valence-corrected chi connectivity index (χ3v) is 5.55. The molecule has 39 heavy (non-hydrogen) atoms. The highest BCUT2D eigenvalue weighted by Crippen LogP contribution is 2.41. The maximum absolute atomic E-state index is 13.3. The van der Waals surface area contributed by atoms with Gasteiger partial charge in [-0.25, -0.2) is 0 Å². The van der Waals surface area contributed by atoms with E-state index in [9.17, 15) is 33.4 Å². The first kappa shape index (κ1) is 27.3. The largest absolute Gasteiger partial charge is 0.490 e. The van der Waals surface area contributed by atoms with Gasteiger partial charge in [0.2, 0.25) is 0 Å². The molecule has 206 valence electrons. The lowest BCUT2D eigenvalue weighted by molar-refractivity contribution is -0.392. The first-order valence-electron chi connectivity index (χ1n) is 11.6. The van der Waals surface area contributed by atoms with Crippen molar-refractivity contribution in [2.24, 2.45) is 0 Å². The van der Waals surface area contributed by atoms with E-state index in [4.69, 9.17) is 18.9 Å². The standard InChI is InChI=1S/C25H22F3N3O8/c26-25(27,28)16-12-18(30(32)33)24(19(13-16)31(34)35)29-17-14-38-22-8-3-1-6-20(22)36-10-5-11-37-21-7-2-4-9-23(21)39-15-17/h1-4,6-9,12-13,17,29H,5,10-11,14-15H2. The molecule has 11 nitrogen and oxygen atoms in total. The number of fused-ring (bicyclic) bond motifs is 2. The summed E-state index contributed by atoms with van der Waals surface area (Å²) in [7, 11) is 0. The Morgan fingerprint density at radius 2 is 1.15 bits per heavy atom. The Bertz CT molecular complexity index is 1260. The number of nitrogens with one attached hydrogen (secondary N) is 1. The van der Waals surface area contributed by atoms with E-state index < -0.39 is 44.7 Å². The van der Waals surface area contributed by atoms with Gasteiger partial charge in [0.05, 0.1) is 34.7 Å². The SMILES string of the molecule is O=[N+]([O-])c1cc(C(F)(F)F)cc([N+](=O)[O-])c1NC1COc2ccccc2OCCCOc2ccccc2OC1. The first-order chi connectivity index (χ1) is 18.6. The van der Waals surface area contributed by atoms with E-state index in [0.717, 1.165) is 0 Å². The number of nitro benzene ring substituents is 2. The Kier molecular flexibility index (Phi) is 8.22. The summed E-state index contributed by atoms with van der Waals surface area (Å²) in [5.41, 5.74) is -4.49. The molecule has 1 N–H and O–H groups in total. The highest BCUT2D eigenvalue weighted by atomic mass is 19.4. The van der Waals surface area contributed by atoms with E-state index in [1.807, 2.05) is 0 Å². The molecule has 0 saturated carbocycles. The van der Waals surface area contributed by atoms with Crippen LogP contribution >= 0.6 is 0 Å². The Labute approximate surface area is 219 Å². The van der Waals surface area contributed by atoms with Gasteiger partial charge in [0.25, 0.3) is 11.4 Å². The molecule has 4 rings (SSSR count). The molecule has 0 radical (unpaired) electrons. The number of ether oxygens (including phenoxy) is 4. The third kappa shape index (κ3) is 6.77. The van der Waals surface area contributed by atoms with E-state index in [0.29, 0.717) is 42.6 Å². The topological polar surface area (TPSA) is 135 Å². The molecule has 1 heterocycles. The average Bonchev–Trinajstić information content (AvgIpc) is 2.89. The van der Waals surface area contributed by atoms with E-state index in [1.165, 1.54) is 0 Å². The van der Waals surface area contributed by atoms with Gasteiger partial charge in [-0.15, -0.1) is 0 Å².